The molecule has 0 bridgehead atoms. The minimum atomic E-state index is -0.0497. The summed E-state index contributed by atoms with van der Waals surface area (Å²) in [5.41, 5.74) is 1.21. The van der Waals surface area contributed by atoms with E-state index in [2.05, 4.69) is 36.4 Å². The van der Waals surface area contributed by atoms with Crippen molar-refractivity contribution in [3.05, 3.63) is 107 Å². The van der Waals surface area contributed by atoms with E-state index in [1.165, 1.54) is 10.8 Å². The first kappa shape index (κ1) is 16.0. The van der Waals surface area contributed by atoms with Crippen LogP contribution in [0, 0.1) is 0 Å². The summed E-state index contributed by atoms with van der Waals surface area (Å²) in [4.78, 5) is 13.1. The molecule has 0 N–H and O–H groups in total. The highest BCUT2D eigenvalue weighted by molar-refractivity contribution is 6.37. The van der Waals surface area contributed by atoms with Gasteiger partial charge in [0.25, 0.3) is 0 Å². The van der Waals surface area contributed by atoms with Gasteiger partial charge in [0.1, 0.15) is 0 Å². The van der Waals surface area contributed by atoms with Crippen LogP contribution in [-0.4, -0.2) is 5.78 Å². The van der Waals surface area contributed by atoms with Crippen LogP contribution in [0.4, 0.5) is 0 Å². The molecule has 2 heteroatoms. The molecule has 128 valence electrons. The Morgan fingerprint density at radius 1 is 0.593 bits per heavy atom. The largest absolute Gasteiger partial charge is 0.289 e. The monoisotopic (exact) mass is 366 g/mol. The fraction of sp³-hybridized carbons (Fsp3) is 0. The van der Waals surface area contributed by atoms with Crippen LogP contribution in [0.2, 0.25) is 5.02 Å². The van der Waals surface area contributed by atoms with Crippen LogP contribution in [0.1, 0.15) is 15.9 Å². The van der Waals surface area contributed by atoms with E-state index in [1.807, 2.05) is 54.6 Å². The number of fused-ring (bicyclic) bond motifs is 3. The smallest absolute Gasteiger partial charge is 0.195 e. The van der Waals surface area contributed by atoms with Crippen LogP contribution in [-0.2, 0) is 0 Å². The topological polar surface area (TPSA) is 17.1 Å². The van der Waals surface area contributed by atoms with Crippen LogP contribution < -0.4 is 0 Å². The predicted octanol–water partition coefficient (Wildman–Crippen LogP) is 7.03. The number of benzene rings is 5. The third-order valence-corrected chi connectivity index (χ3v) is 5.37. The van der Waals surface area contributed by atoms with E-state index in [1.54, 1.807) is 0 Å². The van der Waals surface area contributed by atoms with Crippen molar-refractivity contribution in [1.82, 2.24) is 0 Å². The Hall–Kier alpha value is -3.16. The van der Waals surface area contributed by atoms with Crippen molar-refractivity contribution in [2.24, 2.45) is 0 Å². The number of carbonyl (C=O) groups excluding carboxylic acids is 1. The summed E-state index contributed by atoms with van der Waals surface area (Å²) in [6.45, 7) is 0. The molecular formula is C25H15ClO. The van der Waals surface area contributed by atoms with E-state index >= 15 is 0 Å². The third-order valence-electron chi connectivity index (χ3n) is 5.05. The standard InChI is InChI=1S/C25H15ClO/c26-23-11-10-19-14-20-12-17-8-4-5-9-18(17)13-21(20)15-22(19)24(23)25(27)16-6-2-1-3-7-16/h1-15H. The molecule has 0 aliphatic heterocycles. The van der Waals surface area contributed by atoms with Gasteiger partial charge in [-0.05, 0) is 62.6 Å². The number of carbonyl (C=O) groups is 1. The highest BCUT2D eigenvalue weighted by atomic mass is 35.5. The third kappa shape index (κ3) is 2.68. The SMILES string of the molecule is O=C(c1ccccc1)c1c(Cl)ccc2cc3cc4ccccc4cc3cc12. The molecule has 0 spiro atoms. The van der Waals surface area contributed by atoms with Crippen molar-refractivity contribution >= 4 is 49.7 Å². The molecule has 5 rings (SSSR count). The van der Waals surface area contributed by atoms with E-state index in [-0.39, 0.29) is 5.78 Å². The van der Waals surface area contributed by atoms with Crippen molar-refractivity contribution in [2.45, 2.75) is 0 Å². The van der Waals surface area contributed by atoms with E-state index in [9.17, 15) is 4.79 Å². The summed E-state index contributed by atoms with van der Waals surface area (Å²) in [5.74, 6) is -0.0497. The summed E-state index contributed by atoms with van der Waals surface area (Å²) < 4.78 is 0. The first-order chi connectivity index (χ1) is 13.2. The molecule has 0 unspecified atom stereocenters. The van der Waals surface area contributed by atoms with Gasteiger partial charge >= 0.3 is 0 Å². The van der Waals surface area contributed by atoms with Crippen LogP contribution in [0.5, 0.6) is 0 Å². The van der Waals surface area contributed by atoms with Crippen molar-refractivity contribution in [3.63, 3.8) is 0 Å². The predicted molar refractivity (Wildman–Crippen MR) is 114 cm³/mol. The van der Waals surface area contributed by atoms with Gasteiger partial charge in [-0.25, -0.2) is 0 Å². The second-order valence-electron chi connectivity index (χ2n) is 6.74. The molecular weight excluding hydrogens is 352 g/mol. The van der Waals surface area contributed by atoms with Crippen LogP contribution in [0.15, 0.2) is 91.0 Å². The van der Waals surface area contributed by atoms with E-state index < -0.39 is 0 Å². The molecule has 0 aromatic heterocycles. The van der Waals surface area contributed by atoms with Gasteiger partial charge in [0.05, 0.1) is 5.02 Å². The molecule has 0 saturated heterocycles. The summed E-state index contributed by atoms with van der Waals surface area (Å²) in [6.07, 6.45) is 0. The highest BCUT2D eigenvalue weighted by Gasteiger charge is 2.17. The molecule has 5 aromatic rings. The maximum Gasteiger partial charge on any atom is 0.195 e. The summed E-state index contributed by atoms with van der Waals surface area (Å²) in [7, 11) is 0. The highest BCUT2D eigenvalue weighted by Crippen LogP contribution is 2.33. The van der Waals surface area contributed by atoms with Crippen molar-refractivity contribution in [3.8, 4) is 0 Å². The average Bonchev–Trinajstić information content (AvgIpc) is 2.71. The number of hydrogen-bond donors (Lipinski definition) is 0. The Morgan fingerprint density at radius 2 is 1.19 bits per heavy atom. The maximum atomic E-state index is 13.1. The van der Waals surface area contributed by atoms with Gasteiger partial charge in [-0.15, -0.1) is 0 Å². The first-order valence-electron chi connectivity index (χ1n) is 8.85. The molecule has 0 saturated carbocycles. The van der Waals surface area contributed by atoms with Gasteiger partial charge in [-0.2, -0.15) is 0 Å². The minimum absolute atomic E-state index is 0.0497. The molecule has 5 aromatic carbocycles. The maximum absolute atomic E-state index is 13.1. The molecule has 0 heterocycles. The second-order valence-corrected chi connectivity index (χ2v) is 7.14. The van der Waals surface area contributed by atoms with Gasteiger partial charge in [-0.1, -0.05) is 72.3 Å². The molecule has 0 radical (unpaired) electrons. The molecule has 0 atom stereocenters. The zero-order valence-electron chi connectivity index (χ0n) is 14.4. The summed E-state index contributed by atoms with van der Waals surface area (Å²) >= 11 is 6.47. The number of rotatable bonds is 2. The Morgan fingerprint density at radius 3 is 1.89 bits per heavy atom. The zero-order chi connectivity index (χ0) is 18.4. The molecule has 0 fully saturated rings. The molecule has 0 amide bonds. The fourth-order valence-corrected chi connectivity index (χ4v) is 3.95. The van der Waals surface area contributed by atoms with Gasteiger partial charge < -0.3 is 0 Å². The number of hydrogen-bond acceptors (Lipinski definition) is 1. The van der Waals surface area contributed by atoms with Gasteiger partial charge in [-0.3, -0.25) is 4.79 Å². The van der Waals surface area contributed by atoms with Crippen molar-refractivity contribution in [2.75, 3.05) is 0 Å². The van der Waals surface area contributed by atoms with E-state index in [0.717, 1.165) is 21.5 Å². The van der Waals surface area contributed by atoms with Gasteiger partial charge in [0.2, 0.25) is 0 Å². The molecule has 0 aliphatic carbocycles. The van der Waals surface area contributed by atoms with Crippen molar-refractivity contribution in [1.29, 1.82) is 0 Å². The Balaban J connectivity index is 1.82. The lowest BCUT2D eigenvalue weighted by Gasteiger charge is -2.11. The molecule has 27 heavy (non-hydrogen) atoms. The quantitative estimate of drug-likeness (QED) is 0.242. The molecule has 0 aliphatic rings. The lowest BCUT2D eigenvalue weighted by atomic mass is 9.94. The zero-order valence-corrected chi connectivity index (χ0v) is 15.2. The van der Waals surface area contributed by atoms with E-state index in [0.29, 0.717) is 16.1 Å². The lowest BCUT2D eigenvalue weighted by molar-refractivity contribution is 0.104. The van der Waals surface area contributed by atoms with Gasteiger partial charge in [0, 0.05) is 11.1 Å². The van der Waals surface area contributed by atoms with Gasteiger partial charge in [0.15, 0.2) is 5.78 Å². The summed E-state index contributed by atoms with van der Waals surface area (Å²) in [5, 5.41) is 7.03. The lowest BCUT2D eigenvalue weighted by Crippen LogP contribution is -2.03. The number of halogens is 1. The number of ketones is 1. The van der Waals surface area contributed by atoms with Crippen LogP contribution >= 0.6 is 11.6 Å². The average molecular weight is 367 g/mol. The second kappa shape index (κ2) is 6.22. The Bertz CT molecular complexity index is 1340. The normalized spacial score (nSPS) is 11.3. The fourth-order valence-electron chi connectivity index (χ4n) is 3.70. The molecule has 1 nitrogen and oxygen atoms in total. The first-order valence-corrected chi connectivity index (χ1v) is 9.23. The van der Waals surface area contributed by atoms with Crippen LogP contribution in [0.25, 0.3) is 32.3 Å². The van der Waals surface area contributed by atoms with E-state index in [4.69, 9.17) is 11.6 Å². The van der Waals surface area contributed by atoms with Crippen molar-refractivity contribution < 1.29 is 4.79 Å². The Kier molecular flexibility index (Phi) is 3.70. The minimum Gasteiger partial charge on any atom is -0.289 e. The Labute approximate surface area is 161 Å². The summed E-state index contributed by atoms with van der Waals surface area (Å²) in [6, 6.07) is 30.0. The van der Waals surface area contributed by atoms with Crippen LogP contribution in [0.3, 0.4) is 0 Å².